The van der Waals surface area contributed by atoms with Crippen LogP contribution in [0.25, 0.3) is 0 Å². The summed E-state index contributed by atoms with van der Waals surface area (Å²) in [7, 11) is 0. The molecular formula is C26H33N3OS. The fraction of sp³-hybridized carbons (Fsp3) is 0.385. The second-order valence-electron chi connectivity index (χ2n) is 7.91. The van der Waals surface area contributed by atoms with Gasteiger partial charge in [-0.25, -0.2) is 4.98 Å². The molecule has 2 N–H and O–H groups in total. The zero-order valence-corrected chi connectivity index (χ0v) is 19.6. The Labute approximate surface area is 190 Å². The van der Waals surface area contributed by atoms with E-state index in [2.05, 4.69) is 54.6 Å². The van der Waals surface area contributed by atoms with Crippen molar-refractivity contribution in [2.75, 3.05) is 10.6 Å². The van der Waals surface area contributed by atoms with Crippen LogP contribution in [0.15, 0.2) is 47.8 Å². The van der Waals surface area contributed by atoms with Gasteiger partial charge in [0.1, 0.15) is 0 Å². The lowest BCUT2D eigenvalue weighted by Gasteiger charge is -2.15. The Kier molecular flexibility index (Phi) is 8.65. The fourth-order valence-electron chi connectivity index (χ4n) is 3.60. The van der Waals surface area contributed by atoms with E-state index in [9.17, 15) is 4.79 Å². The van der Waals surface area contributed by atoms with Gasteiger partial charge in [0.25, 0.3) is 5.91 Å². The summed E-state index contributed by atoms with van der Waals surface area (Å²) < 4.78 is 0. The first-order chi connectivity index (χ1) is 15.1. The van der Waals surface area contributed by atoms with Gasteiger partial charge in [0.2, 0.25) is 0 Å². The number of thiazole rings is 1. The first-order valence-electron chi connectivity index (χ1n) is 11.3. The van der Waals surface area contributed by atoms with Crippen molar-refractivity contribution in [2.45, 2.75) is 65.8 Å². The SMILES string of the molecule is CCCCCCc1c(C)cccc1NCc1ccc(C(=O)Nc2nc(CC)cs2)cc1. The van der Waals surface area contributed by atoms with Gasteiger partial charge in [0, 0.05) is 23.2 Å². The highest BCUT2D eigenvalue weighted by atomic mass is 32.1. The molecule has 3 rings (SSSR count). The van der Waals surface area contributed by atoms with E-state index in [1.165, 1.54) is 53.8 Å². The molecule has 0 unspecified atom stereocenters. The summed E-state index contributed by atoms with van der Waals surface area (Å²) in [5.41, 5.74) is 6.78. The van der Waals surface area contributed by atoms with Crippen molar-refractivity contribution in [3.63, 3.8) is 0 Å². The number of nitrogens with one attached hydrogen (secondary N) is 2. The normalized spacial score (nSPS) is 10.8. The number of amides is 1. The smallest absolute Gasteiger partial charge is 0.257 e. The second kappa shape index (κ2) is 11.7. The number of aromatic nitrogens is 1. The molecule has 1 amide bonds. The van der Waals surface area contributed by atoms with Crippen molar-refractivity contribution in [2.24, 2.45) is 0 Å². The topological polar surface area (TPSA) is 54.0 Å². The van der Waals surface area contributed by atoms with Crippen molar-refractivity contribution >= 4 is 28.1 Å². The summed E-state index contributed by atoms with van der Waals surface area (Å²) in [4.78, 5) is 16.9. The predicted molar refractivity (Wildman–Crippen MR) is 132 cm³/mol. The molecule has 0 aliphatic carbocycles. The molecule has 4 nitrogen and oxygen atoms in total. The Hall–Kier alpha value is -2.66. The van der Waals surface area contributed by atoms with Crippen molar-refractivity contribution in [1.82, 2.24) is 4.98 Å². The molecule has 164 valence electrons. The molecule has 0 spiro atoms. The van der Waals surface area contributed by atoms with E-state index in [0.717, 1.165) is 30.6 Å². The van der Waals surface area contributed by atoms with Crippen molar-refractivity contribution in [1.29, 1.82) is 0 Å². The summed E-state index contributed by atoms with van der Waals surface area (Å²) in [6.45, 7) is 7.23. The standard InChI is InChI=1S/C26H33N3OS/c1-4-6-7-8-11-23-19(3)10-9-12-24(23)27-17-20-13-15-21(16-14-20)25(30)29-26-28-22(5-2)18-31-26/h9-10,12-16,18,27H,4-8,11,17H2,1-3H3,(H,28,29,30). The average Bonchev–Trinajstić information content (AvgIpc) is 3.24. The lowest BCUT2D eigenvalue weighted by molar-refractivity contribution is 0.102. The molecule has 0 saturated carbocycles. The number of hydrogen-bond donors (Lipinski definition) is 2. The maximum absolute atomic E-state index is 12.5. The minimum absolute atomic E-state index is 0.121. The quantitative estimate of drug-likeness (QED) is 0.319. The van der Waals surface area contributed by atoms with Crippen LogP contribution in [-0.2, 0) is 19.4 Å². The molecule has 0 aliphatic rings. The van der Waals surface area contributed by atoms with Crippen LogP contribution in [0.5, 0.6) is 0 Å². The minimum atomic E-state index is -0.121. The first-order valence-corrected chi connectivity index (χ1v) is 12.2. The van der Waals surface area contributed by atoms with E-state index in [4.69, 9.17) is 0 Å². The number of hydrogen-bond acceptors (Lipinski definition) is 4. The Morgan fingerprint density at radius 1 is 1.03 bits per heavy atom. The number of unbranched alkanes of at least 4 members (excludes halogenated alkanes) is 3. The van der Waals surface area contributed by atoms with Gasteiger partial charge in [0.05, 0.1) is 5.69 Å². The predicted octanol–water partition coefficient (Wildman–Crippen LogP) is 7.00. The largest absolute Gasteiger partial charge is 0.381 e. The van der Waals surface area contributed by atoms with Crippen LogP contribution in [0, 0.1) is 6.92 Å². The van der Waals surface area contributed by atoms with E-state index in [1.807, 2.05) is 29.6 Å². The monoisotopic (exact) mass is 435 g/mol. The number of rotatable bonds is 11. The van der Waals surface area contributed by atoms with Gasteiger partial charge in [-0.3, -0.25) is 10.1 Å². The van der Waals surface area contributed by atoms with Gasteiger partial charge < -0.3 is 5.32 Å². The third kappa shape index (κ3) is 6.66. The number of carbonyl (C=O) groups is 1. The molecule has 2 aromatic carbocycles. The van der Waals surface area contributed by atoms with Gasteiger partial charge in [0.15, 0.2) is 5.13 Å². The molecule has 5 heteroatoms. The molecule has 0 radical (unpaired) electrons. The van der Waals surface area contributed by atoms with Gasteiger partial charge in [-0.1, -0.05) is 57.4 Å². The van der Waals surface area contributed by atoms with Gasteiger partial charge in [-0.05, 0) is 61.1 Å². The molecule has 0 bridgehead atoms. The molecule has 0 saturated heterocycles. The van der Waals surface area contributed by atoms with E-state index < -0.39 is 0 Å². The Morgan fingerprint density at radius 3 is 2.55 bits per heavy atom. The molecule has 3 aromatic rings. The minimum Gasteiger partial charge on any atom is -0.381 e. The van der Waals surface area contributed by atoms with Crippen LogP contribution in [0.4, 0.5) is 10.8 Å². The molecule has 1 aromatic heterocycles. The molecule has 0 fully saturated rings. The Balaban J connectivity index is 1.58. The van der Waals surface area contributed by atoms with Gasteiger partial charge in [-0.15, -0.1) is 11.3 Å². The summed E-state index contributed by atoms with van der Waals surface area (Å²) in [6.07, 6.45) is 7.07. The number of aryl methyl sites for hydroxylation is 2. The number of benzene rings is 2. The molecule has 0 aliphatic heterocycles. The van der Waals surface area contributed by atoms with E-state index in [-0.39, 0.29) is 5.91 Å². The summed E-state index contributed by atoms with van der Waals surface area (Å²) in [6, 6.07) is 14.3. The number of nitrogens with zero attached hydrogens (tertiary/aromatic N) is 1. The highest BCUT2D eigenvalue weighted by Gasteiger charge is 2.10. The molecule has 31 heavy (non-hydrogen) atoms. The first kappa shape index (κ1) is 23.0. The van der Waals surface area contributed by atoms with E-state index in [0.29, 0.717) is 10.7 Å². The van der Waals surface area contributed by atoms with E-state index in [1.54, 1.807) is 0 Å². The highest BCUT2D eigenvalue weighted by molar-refractivity contribution is 7.13. The second-order valence-corrected chi connectivity index (χ2v) is 8.77. The van der Waals surface area contributed by atoms with Crippen LogP contribution >= 0.6 is 11.3 Å². The third-order valence-corrected chi connectivity index (χ3v) is 6.33. The zero-order chi connectivity index (χ0) is 22.1. The maximum Gasteiger partial charge on any atom is 0.257 e. The fourth-order valence-corrected chi connectivity index (χ4v) is 4.38. The van der Waals surface area contributed by atoms with Gasteiger partial charge >= 0.3 is 0 Å². The van der Waals surface area contributed by atoms with Crippen LogP contribution in [0.1, 0.15) is 72.3 Å². The maximum atomic E-state index is 12.5. The van der Waals surface area contributed by atoms with Crippen molar-refractivity contribution in [3.8, 4) is 0 Å². The third-order valence-electron chi connectivity index (χ3n) is 5.52. The molecular weight excluding hydrogens is 402 g/mol. The van der Waals surface area contributed by atoms with Crippen molar-refractivity contribution < 1.29 is 4.79 Å². The van der Waals surface area contributed by atoms with Crippen LogP contribution < -0.4 is 10.6 Å². The summed E-state index contributed by atoms with van der Waals surface area (Å²) in [5.74, 6) is -0.121. The average molecular weight is 436 g/mol. The Bertz CT molecular complexity index is 979. The van der Waals surface area contributed by atoms with Crippen LogP contribution in [-0.4, -0.2) is 10.9 Å². The van der Waals surface area contributed by atoms with Crippen molar-refractivity contribution in [3.05, 3.63) is 75.8 Å². The van der Waals surface area contributed by atoms with Crippen LogP contribution in [0.3, 0.4) is 0 Å². The lowest BCUT2D eigenvalue weighted by atomic mass is 9.99. The summed E-state index contributed by atoms with van der Waals surface area (Å²) in [5, 5.41) is 9.12. The van der Waals surface area contributed by atoms with Gasteiger partial charge in [-0.2, -0.15) is 0 Å². The van der Waals surface area contributed by atoms with Crippen LogP contribution in [0.2, 0.25) is 0 Å². The number of anilines is 2. The lowest BCUT2D eigenvalue weighted by Crippen LogP contribution is -2.12. The summed E-state index contributed by atoms with van der Waals surface area (Å²) >= 11 is 1.46. The molecule has 0 atom stereocenters. The number of carbonyl (C=O) groups excluding carboxylic acids is 1. The Morgan fingerprint density at radius 2 is 1.84 bits per heavy atom. The zero-order valence-electron chi connectivity index (χ0n) is 18.8. The molecule has 1 heterocycles. The highest BCUT2D eigenvalue weighted by Crippen LogP contribution is 2.23. The van der Waals surface area contributed by atoms with E-state index >= 15 is 0 Å².